The van der Waals surface area contributed by atoms with Crippen LogP contribution in [0.15, 0.2) is 59.8 Å². The number of nitrogens with zero attached hydrogens (tertiary/aromatic N) is 1. The van der Waals surface area contributed by atoms with E-state index in [4.69, 9.17) is 14.7 Å². The quantitative estimate of drug-likeness (QED) is 0.230. The number of hydrogen-bond donors (Lipinski definition) is 1. The van der Waals surface area contributed by atoms with Crippen molar-refractivity contribution in [2.45, 2.75) is 0 Å². The lowest BCUT2D eigenvalue weighted by Gasteiger charge is -2.08. The predicted molar refractivity (Wildman–Crippen MR) is 83.5 cm³/mol. The molecular formula is C17H15NO4. The van der Waals surface area contributed by atoms with Crippen molar-refractivity contribution >= 4 is 18.3 Å². The molecule has 0 unspecified atom stereocenters. The second-order valence-electron chi connectivity index (χ2n) is 4.32. The summed E-state index contributed by atoms with van der Waals surface area (Å²) in [6.07, 6.45) is 4.27. The second kappa shape index (κ2) is 7.64. The molecule has 5 heteroatoms. The molecule has 2 rings (SSSR count). The van der Waals surface area contributed by atoms with E-state index >= 15 is 0 Å². The van der Waals surface area contributed by atoms with Crippen LogP contribution in [0.3, 0.4) is 0 Å². The van der Waals surface area contributed by atoms with E-state index in [0.29, 0.717) is 17.1 Å². The average molecular weight is 297 g/mol. The van der Waals surface area contributed by atoms with Crippen LogP contribution < -0.4 is 9.47 Å². The number of hydrogen-bond acceptors (Lipinski definition) is 5. The third-order valence-electron chi connectivity index (χ3n) is 2.82. The van der Waals surface area contributed by atoms with E-state index in [1.54, 1.807) is 24.3 Å². The van der Waals surface area contributed by atoms with Crippen molar-refractivity contribution in [2.75, 3.05) is 7.11 Å². The molecule has 2 aromatic carbocycles. The van der Waals surface area contributed by atoms with Gasteiger partial charge in [0.25, 0.3) is 0 Å². The smallest absolute Gasteiger partial charge is 0.336 e. The normalized spacial score (nSPS) is 11.0. The van der Waals surface area contributed by atoms with Crippen LogP contribution in [0, 0.1) is 0 Å². The number of benzene rings is 2. The van der Waals surface area contributed by atoms with Crippen LogP contribution in [-0.2, 0) is 4.79 Å². The Kier molecular flexibility index (Phi) is 5.31. The Morgan fingerprint density at radius 2 is 1.86 bits per heavy atom. The second-order valence-corrected chi connectivity index (χ2v) is 4.32. The highest BCUT2D eigenvalue weighted by Gasteiger charge is 2.08. The van der Waals surface area contributed by atoms with Crippen LogP contribution in [-0.4, -0.2) is 24.5 Å². The van der Waals surface area contributed by atoms with Crippen molar-refractivity contribution in [3.63, 3.8) is 0 Å². The minimum atomic E-state index is -0.509. The minimum Gasteiger partial charge on any atom is -0.493 e. The summed E-state index contributed by atoms with van der Waals surface area (Å²) in [6, 6.07) is 14.3. The average Bonchev–Trinajstić information content (AvgIpc) is 2.55. The molecule has 22 heavy (non-hydrogen) atoms. The lowest BCUT2D eigenvalue weighted by atomic mass is 10.2. The molecule has 112 valence electrons. The highest BCUT2D eigenvalue weighted by Crippen LogP contribution is 2.27. The first-order chi connectivity index (χ1) is 10.7. The summed E-state index contributed by atoms with van der Waals surface area (Å²) in [5, 5.41) is 11.4. The molecule has 0 aromatic heterocycles. The van der Waals surface area contributed by atoms with E-state index in [2.05, 4.69) is 5.16 Å². The Labute approximate surface area is 128 Å². The fraction of sp³-hybridized carbons (Fsp3) is 0.0588. The van der Waals surface area contributed by atoms with Gasteiger partial charge >= 0.3 is 5.97 Å². The molecule has 5 nitrogen and oxygen atoms in total. The summed E-state index contributed by atoms with van der Waals surface area (Å²) in [6.45, 7) is 0. The summed E-state index contributed by atoms with van der Waals surface area (Å²) >= 11 is 0. The first-order valence-electron chi connectivity index (χ1n) is 6.53. The number of carbonyl (C=O) groups excluding carboxylic acids is 1. The van der Waals surface area contributed by atoms with Gasteiger partial charge in [0.2, 0.25) is 0 Å². The lowest BCUT2D eigenvalue weighted by Crippen LogP contribution is -2.05. The topological polar surface area (TPSA) is 68.1 Å². The van der Waals surface area contributed by atoms with E-state index in [1.165, 1.54) is 19.4 Å². The number of ether oxygens (including phenoxy) is 2. The van der Waals surface area contributed by atoms with Crippen molar-refractivity contribution in [3.05, 3.63) is 65.7 Å². The summed E-state index contributed by atoms with van der Waals surface area (Å²) < 4.78 is 10.4. The van der Waals surface area contributed by atoms with Crippen LogP contribution in [0.4, 0.5) is 0 Å². The molecular weight excluding hydrogens is 282 g/mol. The molecule has 0 bridgehead atoms. The lowest BCUT2D eigenvalue weighted by molar-refractivity contribution is -0.129. The third kappa shape index (κ3) is 4.21. The van der Waals surface area contributed by atoms with Crippen LogP contribution in [0.25, 0.3) is 6.08 Å². The highest BCUT2D eigenvalue weighted by atomic mass is 16.6. The SMILES string of the molecule is COc1cc(/C=N/O)ccc1OC(=O)C=Cc1ccccc1. The van der Waals surface area contributed by atoms with Gasteiger partial charge in [-0.1, -0.05) is 35.5 Å². The van der Waals surface area contributed by atoms with Crippen LogP contribution in [0.2, 0.25) is 0 Å². The standard InChI is InChI=1S/C17H15NO4/c1-21-16-11-14(12-18-20)7-9-15(16)22-17(19)10-8-13-5-3-2-4-6-13/h2-12,20H,1H3/b10-8?,18-12+. The van der Waals surface area contributed by atoms with Crippen molar-refractivity contribution in [1.82, 2.24) is 0 Å². The summed E-state index contributed by atoms with van der Waals surface area (Å²) in [5.41, 5.74) is 1.53. The molecule has 0 aliphatic rings. The Morgan fingerprint density at radius 3 is 2.55 bits per heavy atom. The maximum Gasteiger partial charge on any atom is 0.336 e. The van der Waals surface area contributed by atoms with Crippen molar-refractivity contribution in [1.29, 1.82) is 0 Å². The zero-order valence-electron chi connectivity index (χ0n) is 12.0. The molecule has 0 amide bonds. The zero-order chi connectivity index (χ0) is 15.8. The predicted octanol–water partition coefficient (Wildman–Crippen LogP) is 3.12. The van der Waals surface area contributed by atoms with Crippen molar-refractivity contribution in [2.24, 2.45) is 5.16 Å². The molecule has 0 saturated carbocycles. The number of carbonyl (C=O) groups is 1. The van der Waals surface area contributed by atoms with Gasteiger partial charge in [-0.2, -0.15) is 0 Å². The number of methoxy groups -OCH3 is 1. The highest BCUT2D eigenvalue weighted by molar-refractivity contribution is 5.89. The molecule has 0 radical (unpaired) electrons. The maximum atomic E-state index is 11.8. The van der Waals surface area contributed by atoms with Gasteiger partial charge in [-0.05, 0) is 29.8 Å². The Hall–Kier alpha value is -3.08. The zero-order valence-corrected chi connectivity index (χ0v) is 12.0. The number of rotatable bonds is 5. The fourth-order valence-electron chi connectivity index (χ4n) is 1.79. The Bertz CT molecular complexity index is 693. The fourth-order valence-corrected chi connectivity index (χ4v) is 1.79. The number of esters is 1. The molecule has 0 saturated heterocycles. The van der Waals surface area contributed by atoms with Gasteiger partial charge < -0.3 is 14.7 Å². The summed E-state index contributed by atoms with van der Waals surface area (Å²) in [7, 11) is 1.46. The number of oxime groups is 1. The van der Waals surface area contributed by atoms with Crippen molar-refractivity contribution in [3.8, 4) is 11.5 Å². The maximum absolute atomic E-state index is 11.8. The van der Waals surface area contributed by atoms with Gasteiger partial charge in [-0.3, -0.25) is 0 Å². The van der Waals surface area contributed by atoms with E-state index in [1.807, 2.05) is 30.3 Å². The van der Waals surface area contributed by atoms with Gasteiger partial charge in [0, 0.05) is 11.6 Å². The molecule has 0 aliphatic heterocycles. The van der Waals surface area contributed by atoms with Gasteiger partial charge in [0.1, 0.15) is 0 Å². The first-order valence-corrected chi connectivity index (χ1v) is 6.53. The Balaban J connectivity index is 2.09. The third-order valence-corrected chi connectivity index (χ3v) is 2.82. The van der Waals surface area contributed by atoms with Gasteiger partial charge in [0.15, 0.2) is 11.5 Å². The molecule has 0 atom stereocenters. The Morgan fingerprint density at radius 1 is 1.09 bits per heavy atom. The van der Waals surface area contributed by atoms with Crippen molar-refractivity contribution < 1.29 is 19.5 Å². The van der Waals surface area contributed by atoms with E-state index in [0.717, 1.165) is 5.56 Å². The summed E-state index contributed by atoms with van der Waals surface area (Å²) in [4.78, 5) is 11.8. The summed E-state index contributed by atoms with van der Waals surface area (Å²) in [5.74, 6) is 0.157. The molecule has 0 aliphatic carbocycles. The molecule has 0 heterocycles. The minimum absolute atomic E-state index is 0.292. The van der Waals surface area contributed by atoms with Crippen LogP contribution in [0.5, 0.6) is 11.5 Å². The largest absolute Gasteiger partial charge is 0.493 e. The van der Waals surface area contributed by atoms with E-state index < -0.39 is 5.97 Å². The van der Waals surface area contributed by atoms with Crippen LogP contribution >= 0.6 is 0 Å². The van der Waals surface area contributed by atoms with Gasteiger partial charge in [-0.15, -0.1) is 0 Å². The van der Waals surface area contributed by atoms with E-state index in [-0.39, 0.29) is 0 Å². The molecule has 2 aromatic rings. The van der Waals surface area contributed by atoms with Gasteiger partial charge in [-0.25, -0.2) is 4.79 Å². The first kappa shape index (κ1) is 15.3. The molecule has 0 spiro atoms. The van der Waals surface area contributed by atoms with Crippen LogP contribution in [0.1, 0.15) is 11.1 Å². The van der Waals surface area contributed by atoms with Gasteiger partial charge in [0.05, 0.1) is 13.3 Å². The molecule has 1 N–H and O–H groups in total. The molecule has 0 fully saturated rings. The monoisotopic (exact) mass is 297 g/mol. The van der Waals surface area contributed by atoms with E-state index in [9.17, 15) is 4.79 Å².